The van der Waals surface area contributed by atoms with E-state index in [1.165, 1.54) is 5.39 Å². The van der Waals surface area contributed by atoms with Gasteiger partial charge in [-0.25, -0.2) is 4.98 Å². The number of fused-ring (bicyclic) bond motifs is 1. The minimum Gasteiger partial charge on any atom is -0.314 e. The summed E-state index contributed by atoms with van der Waals surface area (Å²) < 4.78 is 0. The van der Waals surface area contributed by atoms with Crippen LogP contribution < -0.4 is 5.32 Å². The number of rotatable bonds is 4. The summed E-state index contributed by atoms with van der Waals surface area (Å²) in [6.07, 6.45) is 4.15. The third-order valence-electron chi connectivity index (χ3n) is 2.42. The van der Waals surface area contributed by atoms with Crippen molar-refractivity contribution in [3.8, 4) is 0 Å². The summed E-state index contributed by atoms with van der Waals surface area (Å²) in [5.41, 5.74) is 2.06. The highest BCUT2D eigenvalue weighted by Gasteiger charge is 1.93. The Kier molecular flexibility index (Phi) is 3.67. The summed E-state index contributed by atoms with van der Waals surface area (Å²) in [5.74, 6) is 0. The quantitative estimate of drug-likeness (QED) is 0.788. The standard InChI is InChI=1S/C14H16N2/c1-2-15-11-5-7-13-10-9-12-6-3-4-8-14(12)16-13/h3-10,15H,2,11H2,1H3. The van der Waals surface area contributed by atoms with Gasteiger partial charge < -0.3 is 5.32 Å². The lowest BCUT2D eigenvalue weighted by atomic mass is 10.2. The second kappa shape index (κ2) is 5.42. The number of nitrogens with one attached hydrogen (secondary N) is 1. The maximum Gasteiger partial charge on any atom is 0.0709 e. The molecule has 2 aromatic rings. The zero-order valence-electron chi connectivity index (χ0n) is 9.48. The average Bonchev–Trinajstić information content (AvgIpc) is 2.34. The summed E-state index contributed by atoms with van der Waals surface area (Å²) in [7, 11) is 0. The van der Waals surface area contributed by atoms with Gasteiger partial charge in [0.05, 0.1) is 11.2 Å². The number of hydrogen-bond acceptors (Lipinski definition) is 2. The summed E-state index contributed by atoms with van der Waals surface area (Å²) in [6, 6.07) is 12.3. The van der Waals surface area contributed by atoms with Gasteiger partial charge in [-0.15, -0.1) is 0 Å². The number of benzene rings is 1. The second-order valence-corrected chi connectivity index (χ2v) is 3.64. The topological polar surface area (TPSA) is 24.9 Å². The number of aromatic nitrogens is 1. The molecular formula is C14H16N2. The molecule has 0 unspecified atom stereocenters. The van der Waals surface area contributed by atoms with Crippen molar-refractivity contribution in [2.45, 2.75) is 6.92 Å². The Morgan fingerprint density at radius 1 is 1.19 bits per heavy atom. The first-order chi connectivity index (χ1) is 7.90. The predicted molar refractivity (Wildman–Crippen MR) is 69.3 cm³/mol. The number of nitrogens with zero attached hydrogens (tertiary/aromatic N) is 1. The van der Waals surface area contributed by atoms with Gasteiger partial charge in [-0.2, -0.15) is 0 Å². The van der Waals surface area contributed by atoms with Crippen LogP contribution in [0.25, 0.3) is 17.0 Å². The van der Waals surface area contributed by atoms with Crippen molar-refractivity contribution in [2.24, 2.45) is 0 Å². The number of hydrogen-bond donors (Lipinski definition) is 1. The maximum absolute atomic E-state index is 4.56. The van der Waals surface area contributed by atoms with Crippen LogP contribution >= 0.6 is 0 Å². The lowest BCUT2D eigenvalue weighted by molar-refractivity contribution is 0.801. The van der Waals surface area contributed by atoms with Gasteiger partial charge in [0.15, 0.2) is 0 Å². The second-order valence-electron chi connectivity index (χ2n) is 3.64. The van der Waals surface area contributed by atoms with Crippen LogP contribution in [-0.4, -0.2) is 18.1 Å². The molecule has 0 spiro atoms. The van der Waals surface area contributed by atoms with Crippen molar-refractivity contribution in [1.29, 1.82) is 0 Å². The third kappa shape index (κ3) is 2.67. The Labute approximate surface area is 96.0 Å². The summed E-state index contributed by atoms with van der Waals surface area (Å²) >= 11 is 0. The molecule has 2 rings (SSSR count). The fourth-order valence-electron chi connectivity index (χ4n) is 1.58. The Bertz CT molecular complexity index is 489. The summed E-state index contributed by atoms with van der Waals surface area (Å²) in [5, 5.41) is 4.43. The van der Waals surface area contributed by atoms with Crippen molar-refractivity contribution < 1.29 is 0 Å². The zero-order valence-corrected chi connectivity index (χ0v) is 9.48. The molecule has 1 heterocycles. The van der Waals surface area contributed by atoms with Crippen LogP contribution in [-0.2, 0) is 0 Å². The van der Waals surface area contributed by atoms with E-state index in [9.17, 15) is 0 Å². The fraction of sp³-hybridized carbons (Fsp3) is 0.214. The molecule has 16 heavy (non-hydrogen) atoms. The molecule has 0 amide bonds. The SMILES string of the molecule is CCNCC=Cc1ccc2ccccc2n1. The molecule has 0 aliphatic carbocycles. The number of para-hydroxylation sites is 1. The molecule has 1 N–H and O–H groups in total. The Morgan fingerprint density at radius 3 is 2.94 bits per heavy atom. The molecule has 82 valence electrons. The van der Waals surface area contributed by atoms with E-state index in [1.807, 2.05) is 24.3 Å². The van der Waals surface area contributed by atoms with Crippen molar-refractivity contribution in [3.63, 3.8) is 0 Å². The van der Waals surface area contributed by atoms with E-state index in [0.29, 0.717) is 0 Å². The number of pyridine rings is 1. The van der Waals surface area contributed by atoms with Gasteiger partial charge >= 0.3 is 0 Å². The van der Waals surface area contributed by atoms with Crippen LogP contribution in [0.1, 0.15) is 12.6 Å². The minimum absolute atomic E-state index is 0.894. The molecule has 1 aromatic heterocycles. The van der Waals surface area contributed by atoms with E-state index < -0.39 is 0 Å². The summed E-state index contributed by atoms with van der Waals surface area (Å²) in [6.45, 7) is 3.99. The first-order valence-corrected chi connectivity index (χ1v) is 5.63. The van der Waals surface area contributed by atoms with Crippen LogP contribution in [0.2, 0.25) is 0 Å². The predicted octanol–water partition coefficient (Wildman–Crippen LogP) is 2.86. The first-order valence-electron chi connectivity index (χ1n) is 5.63. The molecule has 2 heteroatoms. The third-order valence-corrected chi connectivity index (χ3v) is 2.42. The van der Waals surface area contributed by atoms with Gasteiger partial charge in [-0.1, -0.05) is 37.3 Å². The normalized spacial score (nSPS) is 11.3. The van der Waals surface area contributed by atoms with Crippen LogP contribution in [0, 0.1) is 0 Å². The lowest BCUT2D eigenvalue weighted by Crippen LogP contribution is -2.11. The van der Waals surface area contributed by atoms with E-state index >= 15 is 0 Å². The Balaban J connectivity index is 2.16. The highest BCUT2D eigenvalue weighted by Crippen LogP contribution is 2.12. The van der Waals surface area contributed by atoms with E-state index in [4.69, 9.17) is 0 Å². The molecule has 0 fully saturated rings. The fourth-order valence-corrected chi connectivity index (χ4v) is 1.58. The van der Waals surface area contributed by atoms with E-state index in [0.717, 1.165) is 24.3 Å². The van der Waals surface area contributed by atoms with Crippen LogP contribution in [0.15, 0.2) is 42.5 Å². The molecule has 0 saturated carbocycles. The van der Waals surface area contributed by atoms with Crippen LogP contribution in [0.4, 0.5) is 0 Å². The molecule has 0 bridgehead atoms. The van der Waals surface area contributed by atoms with E-state index in [1.54, 1.807) is 0 Å². The van der Waals surface area contributed by atoms with E-state index in [2.05, 4.69) is 41.5 Å². The van der Waals surface area contributed by atoms with Gasteiger partial charge in [0.25, 0.3) is 0 Å². The van der Waals surface area contributed by atoms with Crippen molar-refractivity contribution in [1.82, 2.24) is 10.3 Å². The van der Waals surface area contributed by atoms with Gasteiger partial charge in [-0.05, 0) is 24.8 Å². The molecule has 1 aromatic carbocycles. The molecule has 0 saturated heterocycles. The zero-order chi connectivity index (χ0) is 11.2. The highest BCUT2D eigenvalue weighted by atomic mass is 14.8. The molecule has 0 atom stereocenters. The van der Waals surface area contributed by atoms with Crippen LogP contribution in [0.3, 0.4) is 0 Å². The van der Waals surface area contributed by atoms with E-state index in [-0.39, 0.29) is 0 Å². The van der Waals surface area contributed by atoms with Gasteiger partial charge in [0, 0.05) is 11.9 Å². The van der Waals surface area contributed by atoms with Gasteiger partial charge in [-0.3, -0.25) is 0 Å². The largest absolute Gasteiger partial charge is 0.314 e. The molecule has 0 aliphatic rings. The molecule has 2 nitrogen and oxygen atoms in total. The Hall–Kier alpha value is -1.67. The van der Waals surface area contributed by atoms with Crippen molar-refractivity contribution in [3.05, 3.63) is 48.2 Å². The summed E-state index contributed by atoms with van der Waals surface area (Å²) in [4.78, 5) is 4.56. The average molecular weight is 212 g/mol. The van der Waals surface area contributed by atoms with Gasteiger partial charge in [0.2, 0.25) is 0 Å². The van der Waals surface area contributed by atoms with Crippen molar-refractivity contribution >= 4 is 17.0 Å². The van der Waals surface area contributed by atoms with Crippen molar-refractivity contribution in [2.75, 3.05) is 13.1 Å². The maximum atomic E-state index is 4.56. The molecule has 0 aliphatic heterocycles. The monoisotopic (exact) mass is 212 g/mol. The number of likely N-dealkylation sites (N-methyl/N-ethyl adjacent to an activating group) is 1. The lowest BCUT2D eigenvalue weighted by Gasteiger charge is -1.98. The molecular weight excluding hydrogens is 196 g/mol. The first kappa shape index (κ1) is 10.8. The smallest absolute Gasteiger partial charge is 0.0709 e. The Morgan fingerprint density at radius 2 is 2.06 bits per heavy atom. The molecule has 0 radical (unpaired) electrons. The van der Waals surface area contributed by atoms with Crippen LogP contribution in [0.5, 0.6) is 0 Å². The minimum atomic E-state index is 0.894. The highest BCUT2D eigenvalue weighted by molar-refractivity contribution is 5.79. The van der Waals surface area contributed by atoms with Gasteiger partial charge in [0.1, 0.15) is 0 Å².